The van der Waals surface area contributed by atoms with Crippen LogP contribution in [0.2, 0.25) is 0 Å². The van der Waals surface area contributed by atoms with Gasteiger partial charge in [-0.1, -0.05) is 13.8 Å². The SMILES string of the molecule is CC(C)NCC(=O)Nc1ccnn1C1CNC1. The topological polar surface area (TPSA) is 71.0 Å². The second-order valence-corrected chi connectivity index (χ2v) is 4.56. The van der Waals surface area contributed by atoms with E-state index in [1.54, 1.807) is 6.20 Å². The molecule has 1 aliphatic heterocycles. The van der Waals surface area contributed by atoms with Crippen molar-refractivity contribution in [3.05, 3.63) is 12.3 Å². The van der Waals surface area contributed by atoms with E-state index in [-0.39, 0.29) is 5.91 Å². The first-order chi connectivity index (χ1) is 8.16. The lowest BCUT2D eigenvalue weighted by Crippen LogP contribution is -2.44. The van der Waals surface area contributed by atoms with Gasteiger partial charge in [-0.05, 0) is 0 Å². The summed E-state index contributed by atoms with van der Waals surface area (Å²) >= 11 is 0. The van der Waals surface area contributed by atoms with Crippen molar-refractivity contribution in [2.75, 3.05) is 25.0 Å². The number of carbonyl (C=O) groups excluding carboxylic acids is 1. The standard InChI is InChI=1S/C11H19N5O/c1-8(2)13-7-11(17)15-10-3-4-14-16(10)9-5-12-6-9/h3-4,8-9,12-13H,5-7H2,1-2H3,(H,15,17). The Labute approximate surface area is 101 Å². The Morgan fingerprint density at radius 1 is 1.65 bits per heavy atom. The molecule has 17 heavy (non-hydrogen) atoms. The number of hydrogen-bond acceptors (Lipinski definition) is 4. The van der Waals surface area contributed by atoms with Gasteiger partial charge in [0, 0.05) is 25.2 Å². The van der Waals surface area contributed by atoms with Gasteiger partial charge in [0.25, 0.3) is 0 Å². The summed E-state index contributed by atoms with van der Waals surface area (Å²) < 4.78 is 1.86. The minimum absolute atomic E-state index is 0.0345. The number of carbonyl (C=O) groups is 1. The van der Waals surface area contributed by atoms with Crippen molar-refractivity contribution in [1.82, 2.24) is 20.4 Å². The zero-order valence-corrected chi connectivity index (χ0v) is 10.2. The highest BCUT2D eigenvalue weighted by molar-refractivity contribution is 5.91. The minimum Gasteiger partial charge on any atom is -0.312 e. The monoisotopic (exact) mass is 237 g/mol. The molecular weight excluding hydrogens is 218 g/mol. The summed E-state index contributed by atoms with van der Waals surface area (Å²) in [6.07, 6.45) is 1.71. The van der Waals surface area contributed by atoms with E-state index in [1.807, 2.05) is 24.6 Å². The van der Waals surface area contributed by atoms with Crippen LogP contribution in [-0.2, 0) is 4.79 Å². The van der Waals surface area contributed by atoms with E-state index in [2.05, 4.69) is 21.0 Å². The molecule has 1 saturated heterocycles. The van der Waals surface area contributed by atoms with Crippen molar-refractivity contribution in [3.8, 4) is 0 Å². The van der Waals surface area contributed by atoms with Crippen molar-refractivity contribution in [2.45, 2.75) is 25.9 Å². The van der Waals surface area contributed by atoms with E-state index in [4.69, 9.17) is 0 Å². The first-order valence-corrected chi connectivity index (χ1v) is 5.94. The molecule has 0 aromatic carbocycles. The molecule has 2 rings (SSSR count). The largest absolute Gasteiger partial charge is 0.312 e. The van der Waals surface area contributed by atoms with E-state index in [9.17, 15) is 4.79 Å². The van der Waals surface area contributed by atoms with Crippen molar-refractivity contribution < 1.29 is 4.79 Å². The Balaban J connectivity index is 1.89. The smallest absolute Gasteiger partial charge is 0.239 e. The molecule has 1 fully saturated rings. The fraction of sp³-hybridized carbons (Fsp3) is 0.636. The van der Waals surface area contributed by atoms with Crippen LogP contribution in [0.25, 0.3) is 0 Å². The fourth-order valence-electron chi connectivity index (χ4n) is 1.63. The molecule has 0 unspecified atom stereocenters. The van der Waals surface area contributed by atoms with Crippen LogP contribution in [0.5, 0.6) is 0 Å². The molecule has 1 aromatic rings. The maximum Gasteiger partial charge on any atom is 0.239 e. The minimum atomic E-state index is -0.0345. The number of anilines is 1. The second kappa shape index (κ2) is 5.29. The summed E-state index contributed by atoms with van der Waals surface area (Å²) in [6, 6.07) is 2.49. The van der Waals surface area contributed by atoms with Crippen LogP contribution in [0.3, 0.4) is 0 Å². The summed E-state index contributed by atoms with van der Waals surface area (Å²) in [5.74, 6) is 0.736. The van der Waals surface area contributed by atoms with E-state index < -0.39 is 0 Å². The van der Waals surface area contributed by atoms with Crippen LogP contribution >= 0.6 is 0 Å². The molecule has 0 aliphatic carbocycles. The third-order valence-corrected chi connectivity index (χ3v) is 2.71. The van der Waals surface area contributed by atoms with Crippen molar-refractivity contribution >= 4 is 11.7 Å². The molecule has 0 radical (unpaired) electrons. The molecule has 6 nitrogen and oxygen atoms in total. The lowest BCUT2D eigenvalue weighted by molar-refractivity contribution is -0.115. The Hall–Kier alpha value is -1.40. The highest BCUT2D eigenvalue weighted by atomic mass is 16.2. The number of amides is 1. The zero-order chi connectivity index (χ0) is 12.3. The third-order valence-electron chi connectivity index (χ3n) is 2.71. The molecule has 0 atom stereocenters. The number of aromatic nitrogens is 2. The van der Waals surface area contributed by atoms with E-state index >= 15 is 0 Å². The highest BCUT2D eigenvalue weighted by Gasteiger charge is 2.22. The van der Waals surface area contributed by atoms with Gasteiger partial charge in [-0.25, -0.2) is 4.68 Å². The Morgan fingerprint density at radius 3 is 3.00 bits per heavy atom. The summed E-state index contributed by atoms with van der Waals surface area (Å²) in [5, 5.41) is 13.4. The van der Waals surface area contributed by atoms with Gasteiger partial charge < -0.3 is 16.0 Å². The van der Waals surface area contributed by atoms with Crippen LogP contribution in [0.1, 0.15) is 19.9 Å². The number of rotatable bonds is 5. The first-order valence-electron chi connectivity index (χ1n) is 5.94. The Morgan fingerprint density at radius 2 is 2.41 bits per heavy atom. The summed E-state index contributed by atoms with van der Waals surface area (Å²) in [5.41, 5.74) is 0. The molecule has 3 N–H and O–H groups in total. The number of nitrogens with zero attached hydrogens (tertiary/aromatic N) is 2. The zero-order valence-electron chi connectivity index (χ0n) is 10.2. The number of nitrogens with one attached hydrogen (secondary N) is 3. The van der Waals surface area contributed by atoms with Crippen LogP contribution in [0.4, 0.5) is 5.82 Å². The van der Waals surface area contributed by atoms with E-state index in [1.165, 1.54) is 0 Å². The molecule has 0 bridgehead atoms. The molecule has 0 spiro atoms. The molecule has 1 aromatic heterocycles. The fourth-order valence-corrected chi connectivity index (χ4v) is 1.63. The van der Waals surface area contributed by atoms with Crippen LogP contribution < -0.4 is 16.0 Å². The van der Waals surface area contributed by atoms with Crippen LogP contribution in [0, 0.1) is 0 Å². The lowest BCUT2D eigenvalue weighted by Gasteiger charge is -2.28. The van der Waals surface area contributed by atoms with Gasteiger partial charge in [-0.15, -0.1) is 0 Å². The van der Waals surface area contributed by atoms with E-state index in [0.717, 1.165) is 18.9 Å². The van der Waals surface area contributed by atoms with Gasteiger partial charge in [0.2, 0.25) is 5.91 Å². The summed E-state index contributed by atoms with van der Waals surface area (Å²) in [4.78, 5) is 11.7. The van der Waals surface area contributed by atoms with Crippen molar-refractivity contribution in [3.63, 3.8) is 0 Å². The number of hydrogen-bond donors (Lipinski definition) is 3. The average Bonchev–Trinajstić information content (AvgIpc) is 2.61. The predicted molar refractivity (Wildman–Crippen MR) is 65.9 cm³/mol. The molecule has 0 saturated carbocycles. The van der Waals surface area contributed by atoms with Gasteiger partial charge in [-0.3, -0.25) is 4.79 Å². The van der Waals surface area contributed by atoms with E-state index in [0.29, 0.717) is 18.6 Å². The first kappa shape index (κ1) is 12.1. The van der Waals surface area contributed by atoms with Crippen LogP contribution in [0.15, 0.2) is 12.3 Å². The maximum absolute atomic E-state index is 11.7. The second-order valence-electron chi connectivity index (χ2n) is 4.56. The Kier molecular flexibility index (Phi) is 3.75. The van der Waals surface area contributed by atoms with Gasteiger partial charge in [0.15, 0.2) is 0 Å². The van der Waals surface area contributed by atoms with Gasteiger partial charge in [-0.2, -0.15) is 5.10 Å². The van der Waals surface area contributed by atoms with Gasteiger partial charge >= 0.3 is 0 Å². The summed E-state index contributed by atoms with van der Waals surface area (Å²) in [6.45, 7) is 6.17. The maximum atomic E-state index is 11.7. The van der Waals surface area contributed by atoms with Gasteiger partial charge in [0.1, 0.15) is 5.82 Å². The van der Waals surface area contributed by atoms with Gasteiger partial charge in [0.05, 0.1) is 18.8 Å². The lowest BCUT2D eigenvalue weighted by atomic mass is 10.2. The predicted octanol–water partition coefficient (Wildman–Crippen LogP) is -0.0361. The molecule has 2 heterocycles. The average molecular weight is 237 g/mol. The molecule has 94 valence electrons. The molecular formula is C11H19N5O. The van der Waals surface area contributed by atoms with Crippen molar-refractivity contribution in [2.24, 2.45) is 0 Å². The van der Waals surface area contributed by atoms with Crippen molar-refractivity contribution in [1.29, 1.82) is 0 Å². The van der Waals surface area contributed by atoms with Crippen LogP contribution in [-0.4, -0.2) is 41.4 Å². The summed E-state index contributed by atoms with van der Waals surface area (Å²) in [7, 11) is 0. The molecule has 1 amide bonds. The molecule has 1 aliphatic rings. The normalized spacial score (nSPS) is 15.9. The highest BCUT2D eigenvalue weighted by Crippen LogP contribution is 2.17. The molecule has 6 heteroatoms. The third kappa shape index (κ3) is 3.04. The quantitative estimate of drug-likeness (QED) is 0.672. The Bertz CT molecular complexity index is 383.